The fourth-order valence-electron chi connectivity index (χ4n) is 0.581. The summed E-state index contributed by atoms with van der Waals surface area (Å²) in [5.74, 6) is -0.651. The van der Waals surface area contributed by atoms with E-state index in [-0.39, 0.29) is 16.4 Å². The normalized spacial score (nSPS) is 9.80. The van der Waals surface area contributed by atoms with Crippen LogP contribution in [0.5, 0.6) is 0 Å². The second kappa shape index (κ2) is 2.34. The van der Waals surface area contributed by atoms with Gasteiger partial charge >= 0.3 is 0 Å². The van der Waals surface area contributed by atoms with Gasteiger partial charge in [-0.3, -0.25) is 0 Å². The third kappa shape index (κ3) is 0.998. The fourth-order valence-corrected chi connectivity index (χ4v) is 0.746. The molecule has 4 N–H and O–H groups in total. The van der Waals surface area contributed by atoms with Gasteiger partial charge in [-0.2, -0.15) is 0 Å². The number of nitrogens with two attached hydrogens (primary N) is 2. The molecule has 0 fully saturated rings. The minimum absolute atomic E-state index is 0.00769. The summed E-state index contributed by atoms with van der Waals surface area (Å²) in [5, 5.41) is -0.00769. The predicted molar refractivity (Wildman–Crippen MR) is 40.2 cm³/mol. The highest BCUT2D eigenvalue weighted by atomic mass is 35.5. The van der Waals surface area contributed by atoms with Gasteiger partial charge in [-0.05, 0) is 12.1 Å². The van der Waals surface area contributed by atoms with Crippen LogP contribution < -0.4 is 11.5 Å². The third-order valence-electron chi connectivity index (χ3n) is 1.17. The summed E-state index contributed by atoms with van der Waals surface area (Å²) in [5.41, 5.74) is 10.6. The van der Waals surface area contributed by atoms with E-state index in [0.717, 1.165) is 0 Å². The number of benzene rings is 1. The Hall–Kier alpha value is -0.960. The Kier molecular flexibility index (Phi) is 1.68. The molecule has 0 saturated carbocycles. The molecule has 0 bridgehead atoms. The molecule has 1 rings (SSSR count). The van der Waals surface area contributed by atoms with Crippen molar-refractivity contribution >= 4 is 23.0 Å². The number of halogens is 2. The summed E-state index contributed by atoms with van der Waals surface area (Å²) in [4.78, 5) is 0. The number of hydrogen-bond acceptors (Lipinski definition) is 2. The summed E-state index contributed by atoms with van der Waals surface area (Å²) in [7, 11) is 0. The van der Waals surface area contributed by atoms with Gasteiger partial charge in [0.2, 0.25) is 0 Å². The zero-order valence-corrected chi connectivity index (χ0v) is 5.82. The lowest BCUT2D eigenvalue weighted by molar-refractivity contribution is 0.633. The average Bonchev–Trinajstić information content (AvgIpc) is 1.93. The Balaban J connectivity index is 3.34. The molecular weight excluding hydrogens is 155 g/mol. The second-order valence-corrected chi connectivity index (χ2v) is 2.27. The molecule has 0 unspecified atom stereocenters. The first-order valence-corrected chi connectivity index (χ1v) is 2.99. The molecule has 4 heteroatoms. The lowest BCUT2D eigenvalue weighted by atomic mass is 10.3. The van der Waals surface area contributed by atoms with E-state index >= 15 is 0 Å². The van der Waals surface area contributed by atoms with Gasteiger partial charge in [0.25, 0.3) is 0 Å². The van der Waals surface area contributed by atoms with Crippen LogP contribution in [0.4, 0.5) is 15.8 Å². The lowest BCUT2D eigenvalue weighted by Crippen LogP contribution is -1.97. The first kappa shape index (κ1) is 7.15. The minimum atomic E-state index is -0.651. The van der Waals surface area contributed by atoms with E-state index in [2.05, 4.69) is 0 Å². The van der Waals surface area contributed by atoms with E-state index in [1.165, 1.54) is 12.1 Å². The molecule has 10 heavy (non-hydrogen) atoms. The van der Waals surface area contributed by atoms with Crippen LogP contribution in [0.25, 0.3) is 0 Å². The molecule has 0 amide bonds. The van der Waals surface area contributed by atoms with Gasteiger partial charge in [0, 0.05) is 0 Å². The van der Waals surface area contributed by atoms with Crippen molar-refractivity contribution in [2.45, 2.75) is 0 Å². The molecule has 0 spiro atoms. The van der Waals surface area contributed by atoms with Crippen LogP contribution in [0.1, 0.15) is 0 Å². The van der Waals surface area contributed by atoms with Gasteiger partial charge < -0.3 is 11.5 Å². The first-order chi connectivity index (χ1) is 4.63. The Morgan fingerprint density at radius 1 is 1.30 bits per heavy atom. The maximum Gasteiger partial charge on any atom is 0.166 e. The van der Waals surface area contributed by atoms with E-state index in [9.17, 15) is 4.39 Å². The van der Waals surface area contributed by atoms with Gasteiger partial charge in [-0.1, -0.05) is 11.6 Å². The van der Waals surface area contributed by atoms with Crippen molar-refractivity contribution in [3.05, 3.63) is 23.0 Å². The topological polar surface area (TPSA) is 52.0 Å². The SMILES string of the molecule is Nc1ccc(Cl)c(F)c1N. The molecule has 0 aliphatic rings. The van der Waals surface area contributed by atoms with Gasteiger partial charge in [0.05, 0.1) is 16.4 Å². The van der Waals surface area contributed by atoms with Gasteiger partial charge in [0.15, 0.2) is 5.82 Å². The Bertz CT molecular complexity index is 235. The van der Waals surface area contributed by atoms with E-state index in [4.69, 9.17) is 23.1 Å². The highest BCUT2D eigenvalue weighted by Crippen LogP contribution is 2.24. The van der Waals surface area contributed by atoms with Crippen molar-refractivity contribution in [3.8, 4) is 0 Å². The zero-order chi connectivity index (χ0) is 7.72. The zero-order valence-electron chi connectivity index (χ0n) is 5.07. The van der Waals surface area contributed by atoms with Crippen molar-refractivity contribution in [1.29, 1.82) is 0 Å². The molecule has 0 aliphatic carbocycles. The van der Waals surface area contributed by atoms with Crippen LogP contribution in [0, 0.1) is 5.82 Å². The minimum Gasteiger partial charge on any atom is -0.397 e. The van der Waals surface area contributed by atoms with E-state index < -0.39 is 5.82 Å². The summed E-state index contributed by atoms with van der Waals surface area (Å²) >= 11 is 5.38. The Morgan fingerprint density at radius 2 is 1.90 bits per heavy atom. The summed E-state index contributed by atoms with van der Waals surface area (Å²) in [6.07, 6.45) is 0. The van der Waals surface area contributed by atoms with Crippen LogP contribution in [0.15, 0.2) is 12.1 Å². The summed E-state index contributed by atoms with van der Waals surface area (Å²) < 4.78 is 12.7. The molecular formula is C6H6ClFN2. The van der Waals surface area contributed by atoms with Crippen LogP contribution in [-0.2, 0) is 0 Å². The Labute approximate surface area is 62.6 Å². The van der Waals surface area contributed by atoms with Crippen molar-refractivity contribution in [2.24, 2.45) is 0 Å². The largest absolute Gasteiger partial charge is 0.397 e. The quantitative estimate of drug-likeness (QED) is 0.567. The predicted octanol–water partition coefficient (Wildman–Crippen LogP) is 1.64. The molecule has 1 aromatic carbocycles. The molecule has 0 radical (unpaired) electrons. The van der Waals surface area contributed by atoms with Crippen LogP contribution in [0.3, 0.4) is 0 Å². The van der Waals surface area contributed by atoms with E-state index in [1.807, 2.05) is 0 Å². The van der Waals surface area contributed by atoms with Crippen LogP contribution >= 0.6 is 11.6 Å². The standard InChI is InChI=1S/C6H6ClFN2/c7-3-1-2-4(9)6(10)5(3)8/h1-2H,9-10H2. The highest BCUT2D eigenvalue weighted by Gasteiger charge is 2.05. The molecule has 1 aromatic rings. The number of anilines is 2. The third-order valence-corrected chi connectivity index (χ3v) is 1.46. The number of rotatable bonds is 0. The maximum atomic E-state index is 12.7. The fraction of sp³-hybridized carbons (Fsp3) is 0. The van der Waals surface area contributed by atoms with Crippen molar-refractivity contribution < 1.29 is 4.39 Å². The van der Waals surface area contributed by atoms with Gasteiger partial charge in [-0.15, -0.1) is 0 Å². The molecule has 0 heterocycles. The molecule has 54 valence electrons. The first-order valence-electron chi connectivity index (χ1n) is 2.62. The van der Waals surface area contributed by atoms with Crippen LogP contribution in [0.2, 0.25) is 5.02 Å². The lowest BCUT2D eigenvalue weighted by Gasteiger charge is -2.00. The second-order valence-electron chi connectivity index (χ2n) is 1.86. The van der Waals surface area contributed by atoms with E-state index in [1.54, 1.807) is 0 Å². The monoisotopic (exact) mass is 160 g/mol. The van der Waals surface area contributed by atoms with Crippen molar-refractivity contribution in [2.75, 3.05) is 11.5 Å². The molecule has 0 saturated heterocycles. The van der Waals surface area contributed by atoms with Gasteiger partial charge in [-0.25, -0.2) is 4.39 Å². The number of hydrogen-bond donors (Lipinski definition) is 2. The average molecular weight is 161 g/mol. The van der Waals surface area contributed by atoms with Crippen molar-refractivity contribution in [3.63, 3.8) is 0 Å². The van der Waals surface area contributed by atoms with Crippen LogP contribution in [-0.4, -0.2) is 0 Å². The summed E-state index contributed by atoms with van der Waals surface area (Å²) in [6.45, 7) is 0. The van der Waals surface area contributed by atoms with Gasteiger partial charge in [0.1, 0.15) is 0 Å². The molecule has 0 aromatic heterocycles. The summed E-state index contributed by atoms with van der Waals surface area (Å²) in [6, 6.07) is 2.82. The maximum absolute atomic E-state index is 12.7. The molecule has 2 nitrogen and oxygen atoms in total. The number of nitrogen functional groups attached to an aromatic ring is 2. The Morgan fingerprint density at radius 3 is 2.40 bits per heavy atom. The highest BCUT2D eigenvalue weighted by molar-refractivity contribution is 6.31. The van der Waals surface area contributed by atoms with E-state index in [0.29, 0.717) is 0 Å². The smallest absolute Gasteiger partial charge is 0.166 e. The molecule has 0 aliphatic heterocycles. The van der Waals surface area contributed by atoms with Crippen molar-refractivity contribution in [1.82, 2.24) is 0 Å². The molecule has 0 atom stereocenters.